The van der Waals surface area contributed by atoms with Crippen molar-refractivity contribution < 1.29 is 9.90 Å². The zero-order valence-corrected chi connectivity index (χ0v) is 13.3. The first kappa shape index (κ1) is 17.4. The number of rotatable bonds is 7. The molecule has 1 saturated carbocycles. The standard InChI is InChI=1S/C16H32N2O2/c1-12(2)15(16(20)18(3)17)11-14(19)10-9-13-7-5-4-6-8-13/h12-15,19H,4-11,17H2,1-3H3. The van der Waals surface area contributed by atoms with Crippen molar-refractivity contribution in [3.05, 3.63) is 0 Å². The van der Waals surface area contributed by atoms with Crippen LogP contribution in [-0.4, -0.2) is 29.2 Å². The van der Waals surface area contributed by atoms with Crippen LogP contribution in [0.15, 0.2) is 0 Å². The van der Waals surface area contributed by atoms with Gasteiger partial charge in [0.1, 0.15) is 0 Å². The van der Waals surface area contributed by atoms with Crippen molar-refractivity contribution in [1.82, 2.24) is 5.01 Å². The molecule has 1 rings (SSSR count). The van der Waals surface area contributed by atoms with Gasteiger partial charge in [-0.15, -0.1) is 0 Å². The van der Waals surface area contributed by atoms with Crippen LogP contribution >= 0.6 is 0 Å². The van der Waals surface area contributed by atoms with Crippen LogP contribution in [0.5, 0.6) is 0 Å². The Balaban J connectivity index is 2.37. The summed E-state index contributed by atoms with van der Waals surface area (Å²) >= 11 is 0. The molecule has 1 fully saturated rings. The highest BCUT2D eigenvalue weighted by Gasteiger charge is 2.27. The van der Waals surface area contributed by atoms with Gasteiger partial charge in [0.15, 0.2) is 0 Å². The van der Waals surface area contributed by atoms with Crippen LogP contribution in [0.3, 0.4) is 0 Å². The minimum absolute atomic E-state index is 0.0725. The van der Waals surface area contributed by atoms with Gasteiger partial charge in [0.2, 0.25) is 5.91 Å². The number of hydrazine groups is 1. The van der Waals surface area contributed by atoms with Crippen molar-refractivity contribution in [2.75, 3.05) is 7.05 Å². The second-order valence-electron chi connectivity index (χ2n) is 6.77. The van der Waals surface area contributed by atoms with Gasteiger partial charge in [-0.05, 0) is 31.1 Å². The van der Waals surface area contributed by atoms with E-state index in [1.807, 2.05) is 13.8 Å². The van der Waals surface area contributed by atoms with Gasteiger partial charge in [0, 0.05) is 13.0 Å². The maximum Gasteiger partial charge on any atom is 0.239 e. The molecule has 3 N–H and O–H groups in total. The molecule has 2 unspecified atom stereocenters. The molecule has 0 heterocycles. The fourth-order valence-electron chi connectivity index (χ4n) is 3.23. The quantitative estimate of drug-likeness (QED) is 0.429. The lowest BCUT2D eigenvalue weighted by Crippen LogP contribution is -2.41. The minimum Gasteiger partial charge on any atom is -0.393 e. The van der Waals surface area contributed by atoms with E-state index in [0.29, 0.717) is 6.42 Å². The summed E-state index contributed by atoms with van der Waals surface area (Å²) in [5, 5.41) is 11.4. The van der Waals surface area contributed by atoms with Gasteiger partial charge in [0.25, 0.3) is 0 Å². The Bertz CT molecular complexity index is 286. The highest BCUT2D eigenvalue weighted by molar-refractivity contribution is 5.78. The van der Waals surface area contributed by atoms with Crippen molar-refractivity contribution in [2.24, 2.45) is 23.6 Å². The molecule has 0 aromatic heterocycles. The SMILES string of the molecule is CC(C)C(CC(O)CCC1CCCCC1)C(=O)N(C)N. The minimum atomic E-state index is -0.381. The number of aliphatic hydroxyl groups excluding tert-OH is 1. The van der Waals surface area contributed by atoms with Crippen molar-refractivity contribution in [2.45, 2.75) is 71.3 Å². The number of aliphatic hydroxyl groups is 1. The number of carbonyl (C=O) groups excluding carboxylic acids is 1. The van der Waals surface area contributed by atoms with E-state index in [1.54, 1.807) is 7.05 Å². The second kappa shape index (κ2) is 8.63. The summed E-state index contributed by atoms with van der Waals surface area (Å²) in [5.74, 6) is 6.28. The molecule has 4 nitrogen and oxygen atoms in total. The number of nitrogens with two attached hydrogens (primary N) is 1. The second-order valence-corrected chi connectivity index (χ2v) is 6.77. The number of nitrogens with zero attached hydrogens (tertiary/aromatic N) is 1. The largest absolute Gasteiger partial charge is 0.393 e. The summed E-state index contributed by atoms with van der Waals surface area (Å²) in [6.45, 7) is 4.03. The maximum atomic E-state index is 12.0. The average Bonchev–Trinajstić information content (AvgIpc) is 2.42. The first-order chi connectivity index (χ1) is 9.41. The van der Waals surface area contributed by atoms with Gasteiger partial charge in [-0.3, -0.25) is 9.80 Å². The Kier molecular flexibility index (Phi) is 7.52. The van der Waals surface area contributed by atoms with Gasteiger partial charge >= 0.3 is 0 Å². The van der Waals surface area contributed by atoms with Gasteiger partial charge in [-0.2, -0.15) is 0 Å². The predicted octanol–water partition coefficient (Wildman–Crippen LogP) is 2.70. The third kappa shape index (κ3) is 5.80. The highest BCUT2D eigenvalue weighted by Crippen LogP contribution is 2.29. The van der Waals surface area contributed by atoms with Gasteiger partial charge < -0.3 is 5.11 Å². The van der Waals surface area contributed by atoms with Crippen LogP contribution in [0.25, 0.3) is 0 Å². The maximum absolute atomic E-state index is 12.0. The fourth-order valence-corrected chi connectivity index (χ4v) is 3.23. The Morgan fingerprint density at radius 3 is 2.40 bits per heavy atom. The summed E-state index contributed by atoms with van der Waals surface area (Å²) in [7, 11) is 1.58. The van der Waals surface area contributed by atoms with E-state index in [2.05, 4.69) is 0 Å². The topological polar surface area (TPSA) is 66.6 Å². The van der Waals surface area contributed by atoms with Crippen molar-refractivity contribution >= 4 is 5.91 Å². The molecule has 0 aromatic rings. The Hall–Kier alpha value is -0.610. The van der Waals surface area contributed by atoms with E-state index in [4.69, 9.17) is 5.84 Å². The van der Waals surface area contributed by atoms with E-state index in [9.17, 15) is 9.90 Å². The van der Waals surface area contributed by atoms with Crippen LogP contribution in [0.1, 0.15) is 65.2 Å². The molecule has 1 aliphatic rings. The summed E-state index contributed by atoms with van der Waals surface area (Å²) in [4.78, 5) is 12.0. The van der Waals surface area contributed by atoms with Gasteiger partial charge in [0.05, 0.1) is 6.10 Å². The zero-order chi connectivity index (χ0) is 15.1. The van der Waals surface area contributed by atoms with E-state index in [1.165, 1.54) is 32.1 Å². The number of amides is 1. The molecule has 118 valence electrons. The average molecular weight is 284 g/mol. The van der Waals surface area contributed by atoms with Crippen LogP contribution in [-0.2, 0) is 4.79 Å². The Morgan fingerprint density at radius 1 is 1.30 bits per heavy atom. The van der Waals surface area contributed by atoms with Crippen LogP contribution in [0, 0.1) is 17.8 Å². The third-order valence-electron chi connectivity index (χ3n) is 4.63. The molecule has 0 bridgehead atoms. The van der Waals surface area contributed by atoms with E-state index in [-0.39, 0.29) is 23.8 Å². The summed E-state index contributed by atoms with van der Waals surface area (Å²) in [5.41, 5.74) is 0. The number of hydrogen-bond donors (Lipinski definition) is 2. The predicted molar refractivity (Wildman–Crippen MR) is 81.7 cm³/mol. The number of carbonyl (C=O) groups is 1. The van der Waals surface area contributed by atoms with E-state index in [0.717, 1.165) is 23.8 Å². The Morgan fingerprint density at radius 2 is 1.90 bits per heavy atom. The van der Waals surface area contributed by atoms with Crippen LogP contribution in [0.2, 0.25) is 0 Å². The first-order valence-electron chi connectivity index (χ1n) is 8.12. The molecular weight excluding hydrogens is 252 g/mol. The molecule has 0 radical (unpaired) electrons. The van der Waals surface area contributed by atoms with Crippen molar-refractivity contribution in [3.63, 3.8) is 0 Å². The monoisotopic (exact) mass is 284 g/mol. The third-order valence-corrected chi connectivity index (χ3v) is 4.63. The molecule has 2 atom stereocenters. The molecule has 0 aromatic carbocycles. The molecule has 0 aliphatic heterocycles. The molecular formula is C16H32N2O2. The first-order valence-corrected chi connectivity index (χ1v) is 8.12. The lowest BCUT2D eigenvalue weighted by atomic mass is 9.83. The lowest BCUT2D eigenvalue weighted by molar-refractivity contribution is -0.137. The lowest BCUT2D eigenvalue weighted by Gasteiger charge is -2.27. The molecule has 1 aliphatic carbocycles. The molecule has 20 heavy (non-hydrogen) atoms. The number of hydrogen-bond acceptors (Lipinski definition) is 3. The molecule has 1 amide bonds. The van der Waals surface area contributed by atoms with Crippen molar-refractivity contribution in [3.8, 4) is 0 Å². The van der Waals surface area contributed by atoms with E-state index >= 15 is 0 Å². The van der Waals surface area contributed by atoms with Crippen LogP contribution in [0.4, 0.5) is 0 Å². The smallest absolute Gasteiger partial charge is 0.239 e. The fraction of sp³-hybridized carbons (Fsp3) is 0.938. The highest BCUT2D eigenvalue weighted by atomic mass is 16.3. The summed E-state index contributed by atoms with van der Waals surface area (Å²) < 4.78 is 0. The Labute approximate surface area is 123 Å². The molecule has 0 saturated heterocycles. The zero-order valence-electron chi connectivity index (χ0n) is 13.3. The van der Waals surface area contributed by atoms with Crippen molar-refractivity contribution in [1.29, 1.82) is 0 Å². The summed E-state index contributed by atoms with van der Waals surface area (Å²) in [6.07, 6.45) is 8.73. The summed E-state index contributed by atoms with van der Waals surface area (Å²) in [6, 6.07) is 0. The molecule has 4 heteroatoms. The van der Waals surface area contributed by atoms with Gasteiger partial charge in [-0.1, -0.05) is 46.0 Å². The van der Waals surface area contributed by atoms with E-state index < -0.39 is 0 Å². The van der Waals surface area contributed by atoms with Gasteiger partial charge in [-0.25, -0.2) is 5.84 Å². The normalized spacial score (nSPS) is 19.9. The van der Waals surface area contributed by atoms with Crippen LogP contribution < -0.4 is 5.84 Å². The molecule has 0 spiro atoms.